The van der Waals surface area contributed by atoms with Gasteiger partial charge in [0.1, 0.15) is 29.5 Å². The molecule has 69 heavy (non-hydrogen) atoms. The number of aliphatic hydroxyl groups is 1. The lowest BCUT2D eigenvalue weighted by Gasteiger charge is -2.26. The first-order valence-electron chi connectivity index (χ1n) is 21.5. The van der Waals surface area contributed by atoms with Gasteiger partial charge in [-0.25, -0.2) is 34.8 Å². The number of amidine groups is 1. The van der Waals surface area contributed by atoms with Crippen molar-refractivity contribution in [2.45, 2.75) is 120 Å². The molecule has 24 heteroatoms. The molecular formula is C45H50ClF8N9O5S. The van der Waals surface area contributed by atoms with Crippen molar-refractivity contribution in [3.8, 4) is 11.1 Å². The molecule has 1 fully saturated rings. The molecule has 0 aliphatic heterocycles. The number of hydrogen-bond acceptors (Lipinski definition) is 11. The number of alkyl halides is 6. The molecule has 0 bridgehead atoms. The number of amides is 1. The predicted octanol–water partition coefficient (Wildman–Crippen LogP) is 8.90. The van der Waals surface area contributed by atoms with Crippen LogP contribution < -0.4 is 16.0 Å². The lowest BCUT2D eigenvalue weighted by molar-refractivity contribution is -0.121. The van der Waals surface area contributed by atoms with E-state index in [0.29, 0.717) is 18.9 Å². The number of fused-ring (bicyclic) bond motifs is 1. The molecule has 4 aromatic rings. The van der Waals surface area contributed by atoms with Crippen LogP contribution in [0.1, 0.15) is 83.3 Å². The second-order valence-corrected chi connectivity index (χ2v) is 21.5. The summed E-state index contributed by atoms with van der Waals surface area (Å²) >= 11 is 6.69. The van der Waals surface area contributed by atoms with Crippen molar-refractivity contribution in [3.05, 3.63) is 87.3 Å². The maximum Gasteiger partial charge on any atom is 0.294 e. The molecule has 0 unspecified atom stereocenters. The fourth-order valence-electron chi connectivity index (χ4n) is 8.13. The molecule has 0 spiro atoms. The summed E-state index contributed by atoms with van der Waals surface area (Å²) in [4.78, 5) is 18.8. The quantitative estimate of drug-likeness (QED) is 0.0271. The molecule has 7 N–H and O–H groups in total. The van der Waals surface area contributed by atoms with Gasteiger partial charge < -0.3 is 20.5 Å². The van der Waals surface area contributed by atoms with Gasteiger partial charge in [0.2, 0.25) is 11.8 Å². The van der Waals surface area contributed by atoms with Gasteiger partial charge in [-0.05, 0) is 95.5 Å². The van der Waals surface area contributed by atoms with Crippen LogP contribution in [0.25, 0.3) is 22.0 Å². The van der Waals surface area contributed by atoms with Gasteiger partial charge >= 0.3 is 0 Å². The SMILES string of the molecule is C[C@H]1CC(F)(F)C(NCC(=O)N[C@@H](Cc2cc(F)cc(F)c2)c2nc(CCC(C)(C)S(=O)(=O)C3CC3)ccc2-c2ccc(Cl)c3c(NC(=N)OC(=N)C(C)(C)O)nn(CC(F)F)c23)=C1C(=N)C(F)F. The fraction of sp³-hybridized carbons (Fsp3) is 0.467. The van der Waals surface area contributed by atoms with Gasteiger partial charge in [-0.1, -0.05) is 30.7 Å². The van der Waals surface area contributed by atoms with Crippen molar-refractivity contribution in [1.82, 2.24) is 25.4 Å². The van der Waals surface area contributed by atoms with Gasteiger partial charge in [-0.15, -0.1) is 0 Å². The van der Waals surface area contributed by atoms with E-state index >= 15 is 8.78 Å². The maximum atomic E-state index is 15.3. The van der Waals surface area contributed by atoms with Crippen LogP contribution >= 0.6 is 11.6 Å². The minimum Gasteiger partial charge on any atom is -0.408 e. The molecule has 14 nitrogen and oxygen atoms in total. The number of rotatable bonds is 19. The van der Waals surface area contributed by atoms with E-state index < -0.39 is 129 Å². The van der Waals surface area contributed by atoms with Crippen molar-refractivity contribution in [1.29, 1.82) is 16.2 Å². The van der Waals surface area contributed by atoms with Gasteiger partial charge in [-0.3, -0.25) is 36.0 Å². The number of carbonyl (C=O) groups is 1. The van der Waals surface area contributed by atoms with Crippen LogP contribution in [0.2, 0.25) is 5.02 Å². The summed E-state index contributed by atoms with van der Waals surface area (Å²) in [5, 5.41) is 45.2. The van der Waals surface area contributed by atoms with Crippen LogP contribution in [0, 0.1) is 33.8 Å². The minimum atomic E-state index is -3.74. The molecule has 2 aliphatic rings. The Hall–Kier alpha value is -5.68. The summed E-state index contributed by atoms with van der Waals surface area (Å²) in [6.07, 6.45) is -6.77. The smallest absolute Gasteiger partial charge is 0.294 e. The Morgan fingerprint density at radius 3 is 2.25 bits per heavy atom. The monoisotopic (exact) mass is 1020 g/mol. The van der Waals surface area contributed by atoms with E-state index in [9.17, 15) is 44.7 Å². The van der Waals surface area contributed by atoms with E-state index in [2.05, 4.69) is 21.0 Å². The van der Waals surface area contributed by atoms with Crippen LogP contribution in [0.4, 0.5) is 40.9 Å². The summed E-state index contributed by atoms with van der Waals surface area (Å²) in [6, 6.07) is 5.88. The van der Waals surface area contributed by atoms with Crippen LogP contribution in [0.3, 0.4) is 0 Å². The van der Waals surface area contributed by atoms with Crippen LogP contribution in [0.5, 0.6) is 0 Å². The Bertz CT molecular complexity index is 2810. The summed E-state index contributed by atoms with van der Waals surface area (Å²) in [6.45, 7) is 4.75. The Kier molecular flexibility index (Phi) is 15.2. The van der Waals surface area contributed by atoms with E-state index in [4.69, 9.17) is 37.5 Å². The zero-order valence-electron chi connectivity index (χ0n) is 37.8. The average molecular weight is 1020 g/mol. The lowest BCUT2D eigenvalue weighted by atomic mass is 9.93. The molecule has 0 saturated heterocycles. The third-order valence-corrected chi connectivity index (χ3v) is 15.2. The summed E-state index contributed by atoms with van der Waals surface area (Å²) < 4.78 is 148. The second kappa shape index (κ2) is 20.0. The van der Waals surface area contributed by atoms with Crippen LogP contribution in [-0.4, -0.2) is 92.7 Å². The highest BCUT2D eigenvalue weighted by molar-refractivity contribution is 7.93. The molecule has 1 saturated carbocycles. The standard InChI is InChI=1S/C45H50ClF8N9O5S/c1-21-18-45(53,54)38(33(21)35(55)39(51)52)58-19-32(64)60-30(16-22-14-23(47)17-24(48)15-22)36-27(9-6-25(59-36)12-13-43(2,3)69(66,67)26-7-8-26)28-10-11-29(46)34-37(28)63(20-31(49)50)62-40(34)61-42(57)68-41(56)44(4,5)65/h6,9-11,14-15,17,21,26,30-31,39,55-56,58,65H,7-8,12-13,16,18-20H2,1-5H3,(H,60,64)(H2,57,61,62)/t21-,30-/m0/s1. The van der Waals surface area contributed by atoms with Crippen molar-refractivity contribution in [2.24, 2.45) is 5.92 Å². The first kappa shape index (κ1) is 52.7. The largest absolute Gasteiger partial charge is 0.408 e. The Morgan fingerprint density at radius 2 is 1.65 bits per heavy atom. The summed E-state index contributed by atoms with van der Waals surface area (Å²) in [5.74, 6) is -9.10. The van der Waals surface area contributed by atoms with Crippen molar-refractivity contribution < 1.29 is 58.2 Å². The Morgan fingerprint density at radius 1 is 1.01 bits per heavy atom. The summed E-state index contributed by atoms with van der Waals surface area (Å²) in [7, 11) is -3.59. The van der Waals surface area contributed by atoms with Gasteiger partial charge in [-0.2, -0.15) is 13.9 Å². The molecule has 6 rings (SSSR count). The highest BCUT2D eigenvalue weighted by Crippen LogP contribution is 2.44. The molecule has 2 aromatic carbocycles. The molecule has 2 aromatic heterocycles. The van der Waals surface area contributed by atoms with Gasteiger partial charge in [0.25, 0.3) is 24.8 Å². The number of nitrogens with zero attached hydrogens (tertiary/aromatic N) is 3. The normalized spacial score (nSPS) is 16.9. The Labute approximate surface area is 396 Å². The number of aryl methyl sites for hydroxylation is 1. The first-order chi connectivity index (χ1) is 32.0. The number of carbonyl (C=O) groups excluding carboxylic acids is 1. The highest BCUT2D eigenvalue weighted by atomic mass is 35.5. The average Bonchev–Trinajstić information content (AvgIpc) is 3.99. The van der Waals surface area contributed by atoms with E-state index in [-0.39, 0.29) is 62.7 Å². The van der Waals surface area contributed by atoms with E-state index in [1.54, 1.807) is 13.8 Å². The molecule has 0 radical (unpaired) electrons. The number of aromatic nitrogens is 3. The van der Waals surface area contributed by atoms with Crippen molar-refractivity contribution in [3.63, 3.8) is 0 Å². The molecule has 1 amide bonds. The number of nitrogens with one attached hydrogen (secondary N) is 6. The number of hydrogen-bond donors (Lipinski definition) is 7. The topological polar surface area (TPSA) is 219 Å². The molecule has 2 aliphatic carbocycles. The fourth-order valence-corrected chi connectivity index (χ4v) is 10.4. The number of sulfone groups is 1. The van der Waals surface area contributed by atoms with Crippen molar-refractivity contribution >= 4 is 61.7 Å². The highest BCUT2D eigenvalue weighted by Gasteiger charge is 2.48. The van der Waals surface area contributed by atoms with E-state index in [1.807, 2.05) is 0 Å². The number of allylic oxidation sites excluding steroid dienone is 2. The zero-order valence-corrected chi connectivity index (χ0v) is 39.4. The third kappa shape index (κ3) is 11.9. The maximum absolute atomic E-state index is 15.3. The number of halogens is 9. The third-order valence-electron chi connectivity index (χ3n) is 11.8. The van der Waals surface area contributed by atoms with Crippen LogP contribution in [-0.2, 0) is 38.8 Å². The van der Waals surface area contributed by atoms with Crippen molar-refractivity contribution in [2.75, 3.05) is 11.9 Å². The molecule has 2 heterocycles. The zero-order chi connectivity index (χ0) is 51.1. The number of ether oxygens (including phenoxy) is 1. The second-order valence-electron chi connectivity index (χ2n) is 18.2. The minimum absolute atomic E-state index is 0.0124. The first-order valence-corrected chi connectivity index (χ1v) is 23.5. The number of pyridine rings is 1. The van der Waals surface area contributed by atoms with E-state index in [0.717, 1.165) is 16.8 Å². The molecular weight excluding hydrogens is 966 g/mol. The van der Waals surface area contributed by atoms with Gasteiger partial charge in [0.15, 0.2) is 15.7 Å². The Balaban J connectivity index is 1.52. The van der Waals surface area contributed by atoms with Gasteiger partial charge in [0.05, 0.1) is 49.9 Å². The van der Waals surface area contributed by atoms with E-state index in [1.165, 1.54) is 45.0 Å². The summed E-state index contributed by atoms with van der Waals surface area (Å²) in [5.41, 5.74) is -4.83. The molecule has 374 valence electrons. The molecule has 2 atom stereocenters. The number of benzene rings is 2. The predicted molar refractivity (Wildman–Crippen MR) is 243 cm³/mol. The van der Waals surface area contributed by atoms with Crippen LogP contribution in [0.15, 0.2) is 53.7 Å². The lowest BCUT2D eigenvalue weighted by Crippen LogP contribution is -2.40. The number of anilines is 1. The van der Waals surface area contributed by atoms with Gasteiger partial charge in [0, 0.05) is 34.9 Å².